The molecule has 0 N–H and O–H groups in total. The molecular formula is C43H46O17. The van der Waals surface area contributed by atoms with Gasteiger partial charge in [-0.15, -0.1) is 0 Å². The van der Waals surface area contributed by atoms with Crippen molar-refractivity contribution in [3.8, 4) is 34.1 Å². The van der Waals surface area contributed by atoms with Crippen molar-refractivity contribution < 1.29 is 75.8 Å². The van der Waals surface area contributed by atoms with Gasteiger partial charge in [-0.1, -0.05) is 11.6 Å². The summed E-state index contributed by atoms with van der Waals surface area (Å²) in [6.45, 7) is 13.8. The summed E-state index contributed by atoms with van der Waals surface area (Å²) in [5.41, 5.74) is 0.558. The number of hydrogen-bond donors (Lipinski definition) is 0. The van der Waals surface area contributed by atoms with E-state index in [1.807, 2.05) is 33.8 Å². The van der Waals surface area contributed by atoms with Crippen molar-refractivity contribution in [3.63, 3.8) is 0 Å². The molecule has 0 spiro atoms. The van der Waals surface area contributed by atoms with Gasteiger partial charge in [-0.25, -0.2) is 0 Å². The summed E-state index contributed by atoms with van der Waals surface area (Å²) >= 11 is 0. The van der Waals surface area contributed by atoms with Crippen molar-refractivity contribution in [1.29, 1.82) is 0 Å². The second-order valence-corrected chi connectivity index (χ2v) is 14.8. The highest BCUT2D eigenvalue weighted by Gasteiger charge is 2.53. The third-order valence-electron chi connectivity index (χ3n) is 8.93. The maximum absolute atomic E-state index is 14.7. The van der Waals surface area contributed by atoms with E-state index >= 15 is 0 Å². The highest BCUT2D eigenvalue weighted by molar-refractivity contribution is 5.98. The highest BCUT2D eigenvalue weighted by atomic mass is 16.7. The van der Waals surface area contributed by atoms with Crippen molar-refractivity contribution in [2.75, 3.05) is 6.61 Å². The first kappa shape index (κ1) is 44.6. The summed E-state index contributed by atoms with van der Waals surface area (Å²) in [5.74, 6) is -4.69. The molecule has 0 aliphatic carbocycles. The molecular weight excluding hydrogens is 788 g/mol. The molecule has 2 aliphatic rings. The molecule has 0 saturated carbocycles. The molecule has 17 nitrogen and oxygen atoms in total. The molecule has 60 heavy (non-hydrogen) atoms. The van der Waals surface area contributed by atoms with E-state index in [1.165, 1.54) is 31.4 Å². The molecule has 0 amide bonds. The van der Waals surface area contributed by atoms with Crippen LogP contribution in [0.5, 0.6) is 23.0 Å². The van der Waals surface area contributed by atoms with Crippen LogP contribution < -0.4 is 24.4 Å². The van der Waals surface area contributed by atoms with E-state index in [9.17, 15) is 33.6 Å². The molecule has 3 aromatic rings. The van der Waals surface area contributed by atoms with Gasteiger partial charge in [0.25, 0.3) is 0 Å². The number of rotatable bonds is 12. The number of benzene rings is 2. The molecule has 0 bridgehead atoms. The van der Waals surface area contributed by atoms with E-state index in [1.54, 1.807) is 12.2 Å². The van der Waals surface area contributed by atoms with Crippen molar-refractivity contribution in [2.45, 2.75) is 112 Å². The Bertz CT molecular complexity index is 2340. The van der Waals surface area contributed by atoms with Crippen LogP contribution in [-0.4, -0.2) is 78.7 Å². The standard InChI is InChI=1S/C43H46O17/c1-20(2)11-13-29-36-30(15-16-43(9,10)60-36)38(54-23(5)46)34-35(50)31(18-52-37(29)34)28-14-12-27(17-32(28)53-22(4)45)58-42-41(57-26(8)49)40(56-25(7)48)39(55-24(6)47)33(59-42)19-51-21(3)44/h11-12,14-18,33,39-42H,13,19H2,1-10H3/t33-,39+,40-,41+,42+/m0/s1. The summed E-state index contributed by atoms with van der Waals surface area (Å²) in [4.78, 5) is 88.3. The minimum absolute atomic E-state index is 0.0556. The van der Waals surface area contributed by atoms with Gasteiger partial charge in [0.15, 0.2) is 18.0 Å². The minimum Gasteiger partial charge on any atom is -0.483 e. The number of hydrogen-bond acceptors (Lipinski definition) is 17. The summed E-state index contributed by atoms with van der Waals surface area (Å²) in [5, 5.41) is -0.0711. The van der Waals surface area contributed by atoms with E-state index in [-0.39, 0.29) is 39.3 Å². The third kappa shape index (κ3) is 10.4. The number of carbonyl (C=O) groups is 6. The van der Waals surface area contributed by atoms with Crippen LogP contribution in [-0.2, 0) is 58.9 Å². The lowest BCUT2D eigenvalue weighted by molar-refractivity contribution is -0.288. The maximum atomic E-state index is 14.7. The first-order chi connectivity index (χ1) is 28.1. The first-order valence-electron chi connectivity index (χ1n) is 18.8. The summed E-state index contributed by atoms with van der Waals surface area (Å²) < 4.78 is 57.6. The van der Waals surface area contributed by atoms with Crippen LogP contribution in [0.4, 0.5) is 0 Å². The summed E-state index contributed by atoms with van der Waals surface area (Å²) in [6.07, 6.45) is -0.525. The van der Waals surface area contributed by atoms with Gasteiger partial charge in [-0.2, -0.15) is 0 Å². The largest absolute Gasteiger partial charge is 0.483 e. The fourth-order valence-electron chi connectivity index (χ4n) is 6.63. The van der Waals surface area contributed by atoms with Crippen LogP contribution in [0.25, 0.3) is 28.2 Å². The van der Waals surface area contributed by atoms with Crippen LogP contribution in [0, 0.1) is 0 Å². The topological polar surface area (TPSA) is 216 Å². The van der Waals surface area contributed by atoms with Crippen molar-refractivity contribution in [2.24, 2.45) is 0 Å². The minimum atomic E-state index is -1.62. The monoisotopic (exact) mass is 834 g/mol. The van der Waals surface area contributed by atoms with Gasteiger partial charge in [-0.05, 0) is 58.4 Å². The van der Waals surface area contributed by atoms with Gasteiger partial charge >= 0.3 is 35.8 Å². The molecule has 1 fully saturated rings. The van der Waals surface area contributed by atoms with E-state index < -0.39 is 84.2 Å². The summed E-state index contributed by atoms with van der Waals surface area (Å²) in [7, 11) is 0. The molecule has 5 rings (SSSR count). The van der Waals surface area contributed by atoms with Crippen LogP contribution in [0.15, 0.2) is 51.4 Å². The summed E-state index contributed by atoms with van der Waals surface area (Å²) in [6, 6.07) is 4.00. The molecule has 2 aromatic carbocycles. The Hall–Kier alpha value is -6.49. The lowest BCUT2D eigenvalue weighted by Gasteiger charge is -2.43. The molecule has 0 unspecified atom stereocenters. The number of carbonyl (C=O) groups excluding carboxylic acids is 6. The second-order valence-electron chi connectivity index (χ2n) is 14.8. The van der Waals surface area contributed by atoms with Crippen LogP contribution in [0.2, 0.25) is 0 Å². The first-order valence-corrected chi connectivity index (χ1v) is 18.8. The second kappa shape index (κ2) is 18.2. The molecule has 1 saturated heterocycles. The zero-order valence-electron chi connectivity index (χ0n) is 34.8. The van der Waals surface area contributed by atoms with E-state index in [0.29, 0.717) is 23.3 Å². The normalized spacial score (nSPS) is 20.1. The Morgan fingerprint density at radius 2 is 1.40 bits per heavy atom. The molecule has 17 heteroatoms. The predicted molar refractivity (Wildman–Crippen MR) is 210 cm³/mol. The smallest absolute Gasteiger partial charge is 0.308 e. The van der Waals surface area contributed by atoms with Gasteiger partial charge in [0.1, 0.15) is 52.8 Å². The van der Waals surface area contributed by atoms with E-state index in [2.05, 4.69) is 0 Å². The van der Waals surface area contributed by atoms with Crippen molar-refractivity contribution >= 4 is 52.9 Å². The molecule has 0 radical (unpaired) electrons. The lowest BCUT2D eigenvalue weighted by Crippen LogP contribution is -2.63. The van der Waals surface area contributed by atoms with Gasteiger partial charge < -0.3 is 47.0 Å². The van der Waals surface area contributed by atoms with Crippen LogP contribution in [0.3, 0.4) is 0 Å². The Kier molecular flexibility index (Phi) is 13.5. The van der Waals surface area contributed by atoms with Crippen molar-refractivity contribution in [3.05, 3.63) is 63.5 Å². The number of fused-ring (bicyclic) bond motifs is 2. The third-order valence-corrected chi connectivity index (χ3v) is 8.93. The van der Waals surface area contributed by atoms with E-state index in [0.717, 1.165) is 40.2 Å². The Morgan fingerprint density at radius 1 is 0.767 bits per heavy atom. The molecule has 1 aromatic heterocycles. The fraction of sp³-hybridized carbons (Fsp3) is 0.419. The van der Waals surface area contributed by atoms with E-state index in [4.69, 9.17) is 47.0 Å². The van der Waals surface area contributed by atoms with Gasteiger partial charge in [0.05, 0.1) is 11.1 Å². The number of allylic oxidation sites excluding steroid dienone is 2. The zero-order chi connectivity index (χ0) is 44.2. The lowest BCUT2D eigenvalue weighted by atomic mass is 9.93. The number of esters is 6. The van der Waals surface area contributed by atoms with Crippen LogP contribution >= 0.6 is 0 Å². The highest BCUT2D eigenvalue weighted by Crippen LogP contribution is 2.46. The fourth-order valence-corrected chi connectivity index (χ4v) is 6.63. The van der Waals surface area contributed by atoms with Gasteiger partial charge in [-0.3, -0.25) is 33.6 Å². The Balaban J connectivity index is 1.67. The maximum Gasteiger partial charge on any atom is 0.308 e. The SMILES string of the molecule is CC(=O)OC[C@@H]1O[C@@H](Oc2ccc(-c3coc4c(CC=C(C)C)c5c(c(OC(C)=O)c4c3=O)C=CC(C)(C)O5)c(OC(C)=O)c2)[C@H](OC(C)=O)[C@@H](OC(C)=O)[C@@H]1OC(C)=O. The number of ether oxygens (including phenoxy) is 9. The average molecular weight is 835 g/mol. The Morgan fingerprint density at radius 3 is 2.00 bits per heavy atom. The van der Waals surface area contributed by atoms with Gasteiger partial charge in [0, 0.05) is 58.7 Å². The quantitative estimate of drug-likeness (QED) is 0.0957. The van der Waals surface area contributed by atoms with Crippen molar-refractivity contribution in [1.82, 2.24) is 0 Å². The zero-order valence-corrected chi connectivity index (χ0v) is 34.8. The Labute approximate surface area is 344 Å². The van der Waals surface area contributed by atoms with Crippen LogP contribution in [0.1, 0.15) is 80.4 Å². The predicted octanol–water partition coefficient (Wildman–Crippen LogP) is 5.47. The molecule has 320 valence electrons. The van der Waals surface area contributed by atoms with Gasteiger partial charge in [0.2, 0.25) is 17.8 Å². The average Bonchev–Trinajstić information content (AvgIpc) is 3.12. The molecule has 2 aliphatic heterocycles. The molecule has 5 atom stereocenters. The molecule has 3 heterocycles.